The third kappa shape index (κ3) is 41.3. The van der Waals surface area contributed by atoms with Crippen LogP contribution in [0.2, 0.25) is 0 Å². The van der Waals surface area contributed by atoms with Crippen LogP contribution in [0.15, 0.2) is 0 Å². The lowest BCUT2D eigenvalue weighted by atomic mass is 9.94. The van der Waals surface area contributed by atoms with Gasteiger partial charge in [-0.25, -0.2) is 0 Å². The molecule has 0 saturated carbocycles. The average molecular weight is 935 g/mol. The molecule has 0 rings (SSSR count). The fourth-order valence-electron chi connectivity index (χ4n) is 9.18. The Morgan fingerprint density at radius 1 is 0.364 bits per heavy atom. The van der Waals surface area contributed by atoms with Gasteiger partial charge in [-0.15, -0.1) is 0 Å². The number of hydrogen-bond acceptors (Lipinski definition) is 7. The van der Waals surface area contributed by atoms with Crippen LogP contribution in [0.25, 0.3) is 0 Å². The first-order chi connectivity index (χ1) is 32.4. The topological polar surface area (TPSA) is 88.2 Å². The minimum absolute atomic E-state index is 0.0528. The lowest BCUT2D eigenvalue weighted by molar-refractivity contribution is -0.150. The normalized spacial score (nSPS) is 12.5. The molecule has 0 aliphatic heterocycles. The van der Waals surface area contributed by atoms with Gasteiger partial charge in [-0.05, 0) is 90.3 Å². The van der Waals surface area contributed by atoms with Crippen molar-refractivity contribution in [2.45, 2.75) is 286 Å². The largest absolute Gasteiger partial charge is 0.465 e. The number of nitrogens with zero attached hydrogens (tertiary/aromatic N) is 2. The predicted molar refractivity (Wildman–Crippen MR) is 284 cm³/mol. The fraction of sp³-hybridized carbons (Fsp3) is 0.948. The molecule has 0 radical (unpaired) electrons. The van der Waals surface area contributed by atoms with Gasteiger partial charge in [0.2, 0.25) is 5.91 Å². The van der Waals surface area contributed by atoms with Crippen molar-refractivity contribution in [3.05, 3.63) is 0 Å². The first kappa shape index (κ1) is 64.3. The van der Waals surface area contributed by atoms with Crippen molar-refractivity contribution in [3.63, 3.8) is 0 Å². The molecule has 0 heterocycles. The van der Waals surface area contributed by atoms with E-state index >= 15 is 0 Å². The van der Waals surface area contributed by atoms with E-state index in [0.29, 0.717) is 25.5 Å². The summed E-state index contributed by atoms with van der Waals surface area (Å²) in [7, 11) is 0. The van der Waals surface area contributed by atoms with Crippen LogP contribution in [0.4, 0.5) is 0 Å². The molecule has 2 unspecified atom stereocenters. The van der Waals surface area contributed by atoms with Crippen LogP contribution in [0.3, 0.4) is 0 Å². The van der Waals surface area contributed by atoms with Crippen LogP contribution in [-0.4, -0.2) is 86.7 Å². The highest BCUT2D eigenvalue weighted by atomic mass is 16.5. The third-order valence-corrected chi connectivity index (χ3v) is 13.8. The standard InChI is InChI=1S/C58H115N3O5/c1-7-13-19-23-25-33-42-54(40-31-21-15-9-3)57(63)65-52-37-29-27-35-47-60(51-46-59-45-39-44-56(62)61(49-17-11-5)50-18-12-6)48-36-28-30-38-53-66-58(64)55(41-32-22-16-10-4)43-34-26-24-20-14-8-2/h54-55,59H,7-53H2,1-6H3. The summed E-state index contributed by atoms with van der Waals surface area (Å²) in [5.41, 5.74) is 0. The molecular formula is C58H115N3O5. The number of rotatable bonds is 53. The second-order valence-electron chi connectivity index (χ2n) is 20.2. The van der Waals surface area contributed by atoms with Gasteiger partial charge in [-0.3, -0.25) is 14.4 Å². The zero-order valence-corrected chi connectivity index (χ0v) is 45.3. The Bertz CT molecular complexity index is 976. The summed E-state index contributed by atoms with van der Waals surface area (Å²) in [5.74, 6) is 0.577. The summed E-state index contributed by atoms with van der Waals surface area (Å²) in [4.78, 5) is 44.0. The molecule has 0 saturated heterocycles. The molecule has 0 aliphatic carbocycles. The van der Waals surface area contributed by atoms with E-state index < -0.39 is 0 Å². The first-order valence-electron chi connectivity index (χ1n) is 29.4. The summed E-state index contributed by atoms with van der Waals surface area (Å²) in [6, 6.07) is 0. The van der Waals surface area contributed by atoms with Crippen LogP contribution in [0.5, 0.6) is 0 Å². The van der Waals surface area contributed by atoms with Crippen molar-refractivity contribution < 1.29 is 23.9 Å². The maximum atomic E-state index is 13.1. The van der Waals surface area contributed by atoms with Gasteiger partial charge >= 0.3 is 11.9 Å². The highest BCUT2D eigenvalue weighted by Gasteiger charge is 2.21. The molecule has 8 nitrogen and oxygen atoms in total. The number of amides is 1. The van der Waals surface area contributed by atoms with E-state index in [2.05, 4.69) is 56.7 Å². The highest BCUT2D eigenvalue weighted by Crippen LogP contribution is 2.22. The molecule has 66 heavy (non-hydrogen) atoms. The summed E-state index contributed by atoms with van der Waals surface area (Å²) in [6.45, 7) is 21.3. The minimum Gasteiger partial charge on any atom is -0.465 e. The molecule has 0 aromatic heterocycles. The molecule has 0 fully saturated rings. The Hall–Kier alpha value is -1.67. The predicted octanol–water partition coefficient (Wildman–Crippen LogP) is 16.0. The lowest BCUT2D eigenvalue weighted by Gasteiger charge is -2.23. The van der Waals surface area contributed by atoms with Crippen LogP contribution in [-0.2, 0) is 23.9 Å². The van der Waals surface area contributed by atoms with Gasteiger partial charge in [0.05, 0.1) is 25.0 Å². The molecule has 1 N–H and O–H groups in total. The second-order valence-corrected chi connectivity index (χ2v) is 20.2. The quantitative estimate of drug-likeness (QED) is 0.0480. The Balaban J connectivity index is 4.91. The summed E-state index contributed by atoms with van der Waals surface area (Å²) < 4.78 is 11.8. The zero-order valence-electron chi connectivity index (χ0n) is 45.3. The van der Waals surface area contributed by atoms with E-state index in [1.165, 1.54) is 103 Å². The van der Waals surface area contributed by atoms with Crippen LogP contribution >= 0.6 is 0 Å². The Morgan fingerprint density at radius 3 is 1.12 bits per heavy atom. The first-order valence-corrected chi connectivity index (χ1v) is 29.4. The Kier molecular flexibility index (Phi) is 49.9. The van der Waals surface area contributed by atoms with E-state index in [1.54, 1.807) is 0 Å². The number of ether oxygens (including phenoxy) is 2. The number of unbranched alkanes of at least 4 members (excludes halogenated alkanes) is 24. The minimum atomic E-state index is 0.0528. The molecule has 2 atom stereocenters. The van der Waals surface area contributed by atoms with Crippen molar-refractivity contribution in [3.8, 4) is 0 Å². The molecule has 8 heteroatoms. The molecule has 1 amide bonds. The van der Waals surface area contributed by atoms with Crippen molar-refractivity contribution in [2.24, 2.45) is 11.8 Å². The van der Waals surface area contributed by atoms with Crippen molar-refractivity contribution in [1.29, 1.82) is 0 Å². The molecule has 0 aromatic carbocycles. The van der Waals surface area contributed by atoms with E-state index in [-0.39, 0.29) is 23.8 Å². The molecule has 0 aliphatic rings. The number of hydrogen-bond donors (Lipinski definition) is 1. The summed E-state index contributed by atoms with van der Waals surface area (Å²) >= 11 is 0. The van der Waals surface area contributed by atoms with Gasteiger partial charge < -0.3 is 24.6 Å². The van der Waals surface area contributed by atoms with Gasteiger partial charge in [-0.2, -0.15) is 0 Å². The molecule has 0 aromatic rings. The second kappa shape index (κ2) is 51.2. The Morgan fingerprint density at radius 2 is 0.712 bits per heavy atom. The molecule has 0 spiro atoms. The van der Waals surface area contributed by atoms with Crippen molar-refractivity contribution >= 4 is 17.8 Å². The van der Waals surface area contributed by atoms with Crippen molar-refractivity contribution in [2.75, 3.05) is 59.0 Å². The lowest BCUT2D eigenvalue weighted by Crippen LogP contribution is -2.35. The van der Waals surface area contributed by atoms with E-state index in [9.17, 15) is 14.4 Å². The van der Waals surface area contributed by atoms with E-state index in [1.807, 2.05) is 0 Å². The van der Waals surface area contributed by atoms with Gasteiger partial charge in [0, 0.05) is 32.6 Å². The number of esters is 2. The van der Waals surface area contributed by atoms with Crippen LogP contribution < -0.4 is 5.32 Å². The number of carbonyl (C=O) groups is 3. The maximum Gasteiger partial charge on any atom is 0.308 e. The number of carbonyl (C=O) groups excluding carboxylic acids is 3. The highest BCUT2D eigenvalue weighted by molar-refractivity contribution is 5.76. The van der Waals surface area contributed by atoms with Crippen LogP contribution in [0, 0.1) is 11.8 Å². The molecule has 392 valence electrons. The average Bonchev–Trinajstić information content (AvgIpc) is 3.32. The molecule has 0 bridgehead atoms. The van der Waals surface area contributed by atoms with Crippen LogP contribution in [0.1, 0.15) is 286 Å². The van der Waals surface area contributed by atoms with E-state index in [0.717, 1.165) is 181 Å². The van der Waals surface area contributed by atoms with Gasteiger partial charge in [-0.1, -0.05) is 208 Å². The fourth-order valence-corrected chi connectivity index (χ4v) is 9.18. The smallest absolute Gasteiger partial charge is 0.308 e. The summed E-state index contributed by atoms with van der Waals surface area (Å²) in [5, 5.41) is 3.65. The monoisotopic (exact) mass is 934 g/mol. The van der Waals surface area contributed by atoms with Gasteiger partial charge in [0.15, 0.2) is 0 Å². The van der Waals surface area contributed by atoms with Gasteiger partial charge in [0.1, 0.15) is 0 Å². The Labute approximate surface area is 411 Å². The summed E-state index contributed by atoms with van der Waals surface area (Å²) in [6.07, 6.45) is 43.4. The maximum absolute atomic E-state index is 13.1. The third-order valence-electron chi connectivity index (χ3n) is 13.8. The number of nitrogens with one attached hydrogen (secondary N) is 1. The van der Waals surface area contributed by atoms with Gasteiger partial charge in [0.25, 0.3) is 0 Å². The van der Waals surface area contributed by atoms with E-state index in [4.69, 9.17) is 9.47 Å². The zero-order chi connectivity index (χ0) is 48.4. The van der Waals surface area contributed by atoms with Crippen molar-refractivity contribution in [1.82, 2.24) is 15.1 Å². The SMILES string of the molecule is CCCCCCCCC(CCCCCC)C(=O)OCCCCCCN(CCCCCCOC(=O)C(CCCCCC)CCCCCCCC)CCNCCCC(=O)N(CCCC)CCCC. The molecular weight excluding hydrogens is 819 g/mol.